The minimum atomic E-state index is -0.980. The molecule has 1 saturated heterocycles. The molecule has 1 N–H and O–H groups in total. The molecular formula is C18H19N3O5. The zero-order chi connectivity index (χ0) is 19.0. The summed E-state index contributed by atoms with van der Waals surface area (Å²) in [6, 6.07) is 10.3. The van der Waals surface area contributed by atoms with E-state index in [4.69, 9.17) is 0 Å². The zero-order valence-corrected chi connectivity index (χ0v) is 14.5. The molecule has 0 bridgehead atoms. The first-order valence-corrected chi connectivity index (χ1v) is 8.15. The number of rotatable bonds is 3. The van der Waals surface area contributed by atoms with Gasteiger partial charge in [0.2, 0.25) is 0 Å². The van der Waals surface area contributed by atoms with Gasteiger partial charge in [0.1, 0.15) is 5.69 Å². The second-order valence-corrected chi connectivity index (χ2v) is 6.44. The Bertz CT molecular complexity index is 977. The van der Waals surface area contributed by atoms with Gasteiger partial charge in [-0.25, -0.2) is 4.79 Å². The SMILES string of the molecule is Cn1c(C(=O)N2C[C@H](C(=O)O)[C@@H](c3ccccc3)C2)cc(=O)n(C)c1=O. The van der Waals surface area contributed by atoms with E-state index in [9.17, 15) is 24.3 Å². The van der Waals surface area contributed by atoms with E-state index >= 15 is 0 Å². The van der Waals surface area contributed by atoms with E-state index in [1.807, 2.05) is 30.3 Å². The van der Waals surface area contributed by atoms with Gasteiger partial charge in [0, 0.05) is 39.2 Å². The molecule has 1 amide bonds. The minimum Gasteiger partial charge on any atom is -0.481 e. The fraction of sp³-hybridized carbons (Fsp3) is 0.333. The Morgan fingerprint density at radius 3 is 2.31 bits per heavy atom. The summed E-state index contributed by atoms with van der Waals surface area (Å²) in [5.74, 6) is -2.59. The maximum Gasteiger partial charge on any atom is 0.331 e. The van der Waals surface area contributed by atoms with E-state index in [1.54, 1.807) is 0 Å². The first kappa shape index (κ1) is 17.7. The summed E-state index contributed by atoms with van der Waals surface area (Å²) in [6.45, 7) is 0.236. The number of amides is 1. The van der Waals surface area contributed by atoms with Crippen molar-refractivity contribution in [3.05, 3.63) is 68.5 Å². The number of benzene rings is 1. The van der Waals surface area contributed by atoms with E-state index in [2.05, 4.69) is 0 Å². The van der Waals surface area contributed by atoms with Crippen LogP contribution in [0.4, 0.5) is 0 Å². The summed E-state index contributed by atoms with van der Waals surface area (Å²) in [4.78, 5) is 49.8. The molecule has 8 heteroatoms. The van der Waals surface area contributed by atoms with Gasteiger partial charge in [-0.2, -0.15) is 0 Å². The summed E-state index contributed by atoms with van der Waals surface area (Å²) in [5.41, 5.74) is -0.386. The van der Waals surface area contributed by atoms with Gasteiger partial charge in [-0.15, -0.1) is 0 Å². The van der Waals surface area contributed by atoms with Crippen molar-refractivity contribution < 1.29 is 14.7 Å². The average molecular weight is 357 g/mol. The molecule has 3 rings (SSSR count). The highest BCUT2D eigenvalue weighted by Gasteiger charge is 2.41. The topological polar surface area (TPSA) is 102 Å². The van der Waals surface area contributed by atoms with Crippen LogP contribution in [0.25, 0.3) is 0 Å². The van der Waals surface area contributed by atoms with E-state index in [1.165, 1.54) is 19.0 Å². The summed E-state index contributed by atoms with van der Waals surface area (Å²) in [6.07, 6.45) is 0. The lowest BCUT2D eigenvalue weighted by Gasteiger charge is -2.18. The first-order valence-electron chi connectivity index (χ1n) is 8.15. The van der Waals surface area contributed by atoms with Crippen molar-refractivity contribution in [3.63, 3.8) is 0 Å². The van der Waals surface area contributed by atoms with Crippen molar-refractivity contribution in [1.82, 2.24) is 14.0 Å². The van der Waals surface area contributed by atoms with Gasteiger partial charge in [0.05, 0.1) is 5.92 Å². The maximum absolute atomic E-state index is 12.9. The smallest absolute Gasteiger partial charge is 0.331 e. The van der Waals surface area contributed by atoms with E-state index in [0.717, 1.165) is 20.8 Å². The number of carbonyl (C=O) groups excluding carboxylic acids is 1. The molecule has 2 heterocycles. The monoisotopic (exact) mass is 357 g/mol. The molecule has 0 unspecified atom stereocenters. The molecule has 136 valence electrons. The van der Waals surface area contributed by atoms with Gasteiger partial charge in [-0.1, -0.05) is 30.3 Å². The maximum atomic E-state index is 12.9. The average Bonchev–Trinajstić information content (AvgIpc) is 3.09. The van der Waals surface area contributed by atoms with Crippen molar-refractivity contribution in [2.24, 2.45) is 20.0 Å². The van der Waals surface area contributed by atoms with Crippen LogP contribution < -0.4 is 11.2 Å². The van der Waals surface area contributed by atoms with Gasteiger partial charge in [-0.3, -0.25) is 23.5 Å². The predicted molar refractivity (Wildman–Crippen MR) is 93.1 cm³/mol. The molecule has 1 aromatic heterocycles. The molecule has 8 nitrogen and oxygen atoms in total. The molecule has 2 aromatic rings. The molecule has 0 aliphatic carbocycles. The van der Waals surface area contributed by atoms with Gasteiger partial charge in [0.25, 0.3) is 11.5 Å². The Hall–Kier alpha value is -3.16. The minimum absolute atomic E-state index is 0.0249. The lowest BCUT2D eigenvalue weighted by molar-refractivity contribution is -0.141. The Labute approximate surface area is 148 Å². The molecule has 1 aliphatic heterocycles. The highest BCUT2D eigenvalue weighted by molar-refractivity contribution is 5.93. The number of likely N-dealkylation sites (tertiary alicyclic amines) is 1. The van der Waals surface area contributed by atoms with Crippen molar-refractivity contribution in [2.75, 3.05) is 13.1 Å². The lowest BCUT2D eigenvalue weighted by atomic mass is 9.89. The van der Waals surface area contributed by atoms with E-state index in [0.29, 0.717) is 0 Å². The highest BCUT2D eigenvalue weighted by atomic mass is 16.4. The molecule has 0 spiro atoms. The zero-order valence-electron chi connectivity index (χ0n) is 14.5. The summed E-state index contributed by atoms with van der Waals surface area (Å²) in [5, 5.41) is 9.55. The molecule has 2 atom stereocenters. The van der Waals surface area contributed by atoms with E-state index < -0.39 is 29.0 Å². The second-order valence-electron chi connectivity index (χ2n) is 6.44. The Morgan fingerprint density at radius 2 is 1.69 bits per heavy atom. The fourth-order valence-electron chi connectivity index (χ4n) is 3.36. The molecule has 1 fully saturated rings. The van der Waals surface area contributed by atoms with Gasteiger partial charge in [-0.05, 0) is 5.56 Å². The van der Waals surface area contributed by atoms with Crippen LogP contribution in [0.1, 0.15) is 22.0 Å². The standard InChI is InChI=1S/C18H19N3O5/c1-19-14(8-15(22)20(2)18(19)26)16(23)21-9-12(13(10-21)17(24)25)11-6-4-3-5-7-11/h3-8,12-13H,9-10H2,1-2H3,(H,24,25)/t12-,13+/m1/s1. The second kappa shape index (κ2) is 6.62. The number of hydrogen-bond acceptors (Lipinski definition) is 4. The summed E-state index contributed by atoms with van der Waals surface area (Å²) in [7, 11) is 2.75. The van der Waals surface area contributed by atoms with Crippen LogP contribution in [0.15, 0.2) is 46.0 Å². The fourth-order valence-corrected chi connectivity index (χ4v) is 3.36. The molecular weight excluding hydrogens is 338 g/mol. The Morgan fingerprint density at radius 1 is 1.04 bits per heavy atom. The number of aromatic nitrogens is 2. The Balaban J connectivity index is 1.96. The van der Waals surface area contributed by atoms with Crippen LogP contribution >= 0.6 is 0 Å². The van der Waals surface area contributed by atoms with Gasteiger partial charge in [0.15, 0.2) is 0 Å². The largest absolute Gasteiger partial charge is 0.481 e. The molecule has 26 heavy (non-hydrogen) atoms. The number of carboxylic acids is 1. The van der Waals surface area contributed by atoms with Crippen molar-refractivity contribution in [2.45, 2.75) is 5.92 Å². The van der Waals surface area contributed by atoms with Crippen LogP contribution in [0, 0.1) is 5.92 Å². The van der Waals surface area contributed by atoms with Crippen LogP contribution in [-0.2, 0) is 18.9 Å². The molecule has 0 radical (unpaired) electrons. The summed E-state index contributed by atoms with van der Waals surface area (Å²) >= 11 is 0. The van der Waals surface area contributed by atoms with Crippen molar-refractivity contribution in [1.29, 1.82) is 0 Å². The highest BCUT2D eigenvalue weighted by Crippen LogP contribution is 2.33. The first-order chi connectivity index (χ1) is 12.3. The molecule has 1 aromatic carbocycles. The van der Waals surface area contributed by atoms with Crippen molar-refractivity contribution in [3.8, 4) is 0 Å². The Kier molecular flexibility index (Phi) is 4.50. The van der Waals surface area contributed by atoms with Crippen LogP contribution in [0.5, 0.6) is 0 Å². The van der Waals surface area contributed by atoms with Gasteiger partial charge >= 0.3 is 11.7 Å². The van der Waals surface area contributed by atoms with Crippen molar-refractivity contribution >= 4 is 11.9 Å². The summed E-state index contributed by atoms with van der Waals surface area (Å²) < 4.78 is 2.02. The molecule has 0 saturated carbocycles. The van der Waals surface area contributed by atoms with Crippen LogP contribution in [0.3, 0.4) is 0 Å². The number of carbonyl (C=O) groups is 2. The van der Waals surface area contributed by atoms with Crippen LogP contribution in [0.2, 0.25) is 0 Å². The van der Waals surface area contributed by atoms with Crippen LogP contribution in [-0.4, -0.2) is 44.1 Å². The van der Waals surface area contributed by atoms with E-state index in [-0.39, 0.29) is 24.7 Å². The molecule has 1 aliphatic rings. The number of aliphatic carboxylic acids is 1. The van der Waals surface area contributed by atoms with Gasteiger partial charge < -0.3 is 10.0 Å². The normalized spacial score (nSPS) is 19.5. The third kappa shape index (κ3) is 2.94. The third-order valence-corrected chi connectivity index (χ3v) is 4.90. The lowest BCUT2D eigenvalue weighted by Crippen LogP contribution is -2.42. The third-order valence-electron chi connectivity index (χ3n) is 4.90. The predicted octanol–water partition coefficient (Wildman–Crippen LogP) is 0.0244. The quantitative estimate of drug-likeness (QED) is 0.835. The number of carboxylic acid groups (broad SMARTS) is 1. The number of hydrogen-bond donors (Lipinski definition) is 1. The number of nitrogens with zero attached hydrogens (tertiary/aromatic N) is 3.